The van der Waals surface area contributed by atoms with Crippen LogP contribution in [0.2, 0.25) is 0 Å². The molecule has 2 aliphatic heterocycles. The number of aliphatic hydroxyl groups excluding tert-OH is 1. The molecule has 0 amide bonds. The van der Waals surface area contributed by atoms with Gasteiger partial charge in [0.15, 0.2) is 43.1 Å². The Balaban J connectivity index is 1.29. The van der Waals surface area contributed by atoms with E-state index in [1.54, 1.807) is 109 Å². The summed E-state index contributed by atoms with van der Waals surface area (Å²) in [6.07, 6.45) is -16.1. The predicted molar refractivity (Wildman–Crippen MR) is 260 cm³/mol. The van der Waals surface area contributed by atoms with Crippen LogP contribution in [0.5, 0.6) is 0 Å². The van der Waals surface area contributed by atoms with E-state index in [9.17, 15) is 33.9 Å². The van der Waals surface area contributed by atoms with E-state index in [4.69, 9.17) is 47.4 Å². The first-order valence-electron chi connectivity index (χ1n) is 23.4. The topological polar surface area (TPSA) is 215 Å². The molecule has 0 spiro atoms. The third-order valence-corrected chi connectivity index (χ3v) is 11.7. The number of carbonyl (C=O) groups is 6. The molecule has 0 saturated carbocycles. The molecule has 6 aromatic rings. The minimum Gasteiger partial charge on any atom is -0.459 e. The lowest BCUT2D eigenvalue weighted by Crippen LogP contribution is -2.67. The molecule has 1 N–H and O–H groups in total. The molecule has 2 fully saturated rings. The van der Waals surface area contributed by atoms with Crippen LogP contribution in [0.25, 0.3) is 0 Å². The third-order valence-electron chi connectivity index (χ3n) is 11.7. The van der Waals surface area contributed by atoms with Gasteiger partial charge < -0.3 is 52.5 Å². The summed E-state index contributed by atoms with van der Waals surface area (Å²) in [4.78, 5) is 84.7. The first-order valence-corrected chi connectivity index (χ1v) is 23.4. The van der Waals surface area contributed by atoms with Crippen LogP contribution in [0, 0.1) is 0 Å². The fourth-order valence-corrected chi connectivity index (χ4v) is 8.07. The average molecular weight is 1010 g/mol. The third kappa shape index (κ3) is 13.0. The zero-order valence-electron chi connectivity index (χ0n) is 39.5. The lowest BCUT2D eigenvalue weighted by molar-refractivity contribution is -0.356. The summed E-state index contributed by atoms with van der Waals surface area (Å²) >= 11 is 0. The summed E-state index contributed by atoms with van der Waals surface area (Å²) in [5, 5.41) is 11.0. The summed E-state index contributed by atoms with van der Waals surface area (Å²) < 4.78 is 62.5. The van der Waals surface area contributed by atoms with Crippen LogP contribution in [0.4, 0.5) is 0 Å². The van der Waals surface area contributed by atoms with Gasteiger partial charge in [-0.1, -0.05) is 115 Å². The Labute approximate surface area is 425 Å². The predicted octanol–water partition coefficient (Wildman–Crippen LogP) is 7.00. The van der Waals surface area contributed by atoms with Gasteiger partial charge in [0.2, 0.25) is 0 Å². The monoisotopic (exact) mass is 1010 g/mol. The van der Waals surface area contributed by atoms with Crippen molar-refractivity contribution in [3.05, 3.63) is 228 Å². The number of esters is 6. The standard InChI is InChI=1S/C57H50O17/c1-2-33-65-56-48(72-54(63)40-29-17-7-18-30-40)47(44(42(34-58)67-56)69-51(60)37-23-11-4-12-24-37)74-57-49(73-55(64)41-31-19-8-20-32-41)46(71-53(62)39-27-15-6-16-28-39)45(70-52(61)38-25-13-5-14-26-38)43(68-57)35-66-50(59)36-21-9-3-10-22-36/h2-32,42-49,56-58H,1,33-35H2/t42-,43-,44-,45-,46+,47+,48+,49+,56+,57-/m1/s1. The van der Waals surface area contributed by atoms with Crippen LogP contribution in [-0.2, 0) is 47.4 Å². The highest BCUT2D eigenvalue weighted by molar-refractivity contribution is 5.92. The van der Waals surface area contributed by atoms with Gasteiger partial charge in [0.1, 0.15) is 24.9 Å². The minimum absolute atomic E-state index is 0.0183. The molecule has 2 heterocycles. The van der Waals surface area contributed by atoms with Crippen LogP contribution < -0.4 is 0 Å². The highest BCUT2D eigenvalue weighted by atomic mass is 16.8. The Kier molecular flexibility index (Phi) is 17.8. The molecule has 8 rings (SSSR count). The summed E-state index contributed by atoms with van der Waals surface area (Å²) in [5.74, 6) is -5.58. The van der Waals surface area contributed by atoms with E-state index < -0.39 is 110 Å². The summed E-state index contributed by atoms with van der Waals surface area (Å²) in [6.45, 7) is 1.99. The molecule has 74 heavy (non-hydrogen) atoms. The van der Waals surface area contributed by atoms with Crippen molar-refractivity contribution in [3.63, 3.8) is 0 Å². The van der Waals surface area contributed by atoms with Crippen LogP contribution in [0.3, 0.4) is 0 Å². The maximum atomic E-state index is 14.4. The van der Waals surface area contributed by atoms with E-state index in [1.807, 2.05) is 0 Å². The normalized spacial score (nSPS) is 23.2. The van der Waals surface area contributed by atoms with Crippen LogP contribution in [-0.4, -0.2) is 122 Å². The molecule has 2 aliphatic rings. The maximum Gasteiger partial charge on any atom is 0.338 e. The molecule has 0 bridgehead atoms. The van der Waals surface area contributed by atoms with E-state index in [1.165, 1.54) is 78.9 Å². The molecule has 10 atom stereocenters. The summed E-state index contributed by atoms with van der Waals surface area (Å²) in [5.41, 5.74) is 0.407. The van der Waals surface area contributed by atoms with E-state index in [2.05, 4.69) is 6.58 Å². The molecule has 0 radical (unpaired) electrons. The van der Waals surface area contributed by atoms with Gasteiger partial charge in [0, 0.05) is 0 Å². The average Bonchev–Trinajstić information content (AvgIpc) is 3.45. The van der Waals surface area contributed by atoms with Crippen molar-refractivity contribution >= 4 is 35.8 Å². The molecule has 0 aliphatic carbocycles. The van der Waals surface area contributed by atoms with Crippen molar-refractivity contribution in [2.45, 2.75) is 61.4 Å². The molecular formula is C57H50O17. The Morgan fingerprint density at radius 3 is 1.08 bits per heavy atom. The van der Waals surface area contributed by atoms with E-state index in [0.29, 0.717) is 0 Å². The van der Waals surface area contributed by atoms with Crippen LogP contribution >= 0.6 is 0 Å². The van der Waals surface area contributed by atoms with Crippen LogP contribution in [0.15, 0.2) is 195 Å². The largest absolute Gasteiger partial charge is 0.459 e. The van der Waals surface area contributed by atoms with Crippen molar-refractivity contribution in [2.24, 2.45) is 0 Å². The number of hydrogen-bond acceptors (Lipinski definition) is 17. The fourth-order valence-electron chi connectivity index (χ4n) is 8.07. The highest BCUT2D eigenvalue weighted by Gasteiger charge is 2.58. The molecule has 0 aromatic heterocycles. The minimum atomic E-state index is -2.01. The second kappa shape index (κ2) is 25.4. The molecule has 2 saturated heterocycles. The van der Waals surface area contributed by atoms with Crippen molar-refractivity contribution in [2.75, 3.05) is 19.8 Å². The van der Waals surface area contributed by atoms with Gasteiger partial charge in [0.05, 0.1) is 46.6 Å². The molecule has 17 nitrogen and oxygen atoms in total. The number of hydrogen-bond donors (Lipinski definition) is 1. The van der Waals surface area contributed by atoms with Gasteiger partial charge in [-0.05, 0) is 72.8 Å². The lowest BCUT2D eigenvalue weighted by atomic mass is 9.95. The zero-order valence-corrected chi connectivity index (χ0v) is 39.5. The smallest absolute Gasteiger partial charge is 0.338 e. The second-order valence-electron chi connectivity index (χ2n) is 16.6. The first kappa shape index (κ1) is 52.0. The van der Waals surface area contributed by atoms with E-state index in [0.717, 1.165) is 0 Å². The lowest BCUT2D eigenvalue weighted by Gasteiger charge is -2.48. The van der Waals surface area contributed by atoms with Gasteiger partial charge >= 0.3 is 35.8 Å². The fraction of sp³-hybridized carbons (Fsp3) is 0.228. The van der Waals surface area contributed by atoms with Gasteiger partial charge in [-0.15, -0.1) is 6.58 Å². The highest BCUT2D eigenvalue weighted by Crippen LogP contribution is 2.37. The molecule has 380 valence electrons. The summed E-state index contributed by atoms with van der Waals surface area (Å²) in [7, 11) is 0. The van der Waals surface area contributed by atoms with Gasteiger partial charge in [0.25, 0.3) is 0 Å². The Hall–Kier alpha value is -8.32. The molecule has 0 unspecified atom stereocenters. The van der Waals surface area contributed by atoms with Gasteiger partial charge in [-0.25, -0.2) is 28.8 Å². The van der Waals surface area contributed by atoms with Gasteiger partial charge in [-0.3, -0.25) is 0 Å². The molecular weight excluding hydrogens is 957 g/mol. The first-order chi connectivity index (χ1) is 36.1. The number of rotatable bonds is 19. The van der Waals surface area contributed by atoms with Crippen LogP contribution in [0.1, 0.15) is 62.1 Å². The van der Waals surface area contributed by atoms with Gasteiger partial charge in [-0.2, -0.15) is 0 Å². The zero-order chi connectivity index (χ0) is 51.8. The number of aliphatic hydroxyl groups is 1. The van der Waals surface area contributed by atoms with Crippen molar-refractivity contribution in [1.29, 1.82) is 0 Å². The van der Waals surface area contributed by atoms with Crippen molar-refractivity contribution in [1.82, 2.24) is 0 Å². The SMILES string of the molecule is C=CCO[C@H]1O[C@H](CO)[C@@H](OC(=O)c2ccccc2)[C@H](O[C@H]2O[C@H](COC(=O)c3ccccc3)[C@@H](OC(=O)c3ccccc3)[C@H](OC(=O)c3ccccc3)[C@@H]2OC(=O)c2ccccc2)[C@@H]1OC(=O)c1ccccc1. The maximum absolute atomic E-state index is 14.4. The number of carbonyl (C=O) groups excluding carboxylic acids is 6. The summed E-state index contributed by atoms with van der Waals surface area (Å²) in [6, 6.07) is 46.9. The van der Waals surface area contributed by atoms with Crippen molar-refractivity contribution < 1.29 is 81.2 Å². The van der Waals surface area contributed by atoms with Crippen molar-refractivity contribution in [3.8, 4) is 0 Å². The molecule has 6 aromatic carbocycles. The number of ether oxygens (including phenoxy) is 10. The van der Waals surface area contributed by atoms with E-state index in [-0.39, 0.29) is 40.0 Å². The second-order valence-corrected chi connectivity index (χ2v) is 16.6. The molecule has 17 heteroatoms. The Bertz CT molecular complexity index is 2820. The van der Waals surface area contributed by atoms with E-state index >= 15 is 0 Å². The number of benzene rings is 6. The Morgan fingerprint density at radius 2 is 0.716 bits per heavy atom. The Morgan fingerprint density at radius 1 is 0.405 bits per heavy atom. The quantitative estimate of drug-likeness (QED) is 0.0491.